The van der Waals surface area contributed by atoms with Crippen molar-refractivity contribution in [2.24, 2.45) is 0 Å². The second-order valence-electron chi connectivity index (χ2n) is 5.78. The van der Waals surface area contributed by atoms with Crippen LogP contribution in [0.25, 0.3) is 17.3 Å². The van der Waals surface area contributed by atoms with Crippen LogP contribution in [0.15, 0.2) is 41.3 Å². The number of likely N-dealkylation sites (N-methyl/N-ethyl adjacent to an activating group) is 1. The average molecular weight is 328 g/mol. The van der Waals surface area contributed by atoms with E-state index in [0.717, 1.165) is 25.3 Å². The zero-order valence-electron chi connectivity index (χ0n) is 13.2. The number of halogens is 1. The summed E-state index contributed by atoms with van der Waals surface area (Å²) in [5.41, 5.74) is 1.45. The van der Waals surface area contributed by atoms with Crippen LogP contribution < -0.4 is 5.32 Å². The fourth-order valence-electron chi connectivity index (χ4n) is 2.83. The molecule has 2 aromatic heterocycles. The highest BCUT2D eigenvalue weighted by Gasteiger charge is 2.26. The molecule has 0 bridgehead atoms. The maximum atomic E-state index is 13.1. The van der Waals surface area contributed by atoms with Gasteiger partial charge in [-0.25, -0.2) is 9.37 Å². The maximum Gasteiger partial charge on any atom is 0.276 e. The molecule has 0 amide bonds. The largest absolute Gasteiger partial charge is 0.332 e. The Balaban J connectivity index is 1.66. The van der Waals surface area contributed by atoms with Crippen LogP contribution in [0.3, 0.4) is 0 Å². The lowest BCUT2D eigenvalue weighted by atomic mass is 10.2. The monoisotopic (exact) mass is 328 g/mol. The number of piperazine rings is 1. The molecule has 4 rings (SSSR count). The van der Waals surface area contributed by atoms with Crippen molar-refractivity contribution in [3.8, 4) is 17.3 Å². The number of nitrogens with one attached hydrogen (secondary N) is 1. The molecule has 0 saturated carbocycles. The summed E-state index contributed by atoms with van der Waals surface area (Å²) in [5, 5.41) is 7.46. The molecule has 24 heavy (non-hydrogen) atoms. The van der Waals surface area contributed by atoms with Gasteiger partial charge in [0.15, 0.2) is 5.82 Å². The summed E-state index contributed by atoms with van der Waals surface area (Å²) >= 11 is 0. The van der Waals surface area contributed by atoms with Crippen molar-refractivity contribution >= 4 is 0 Å². The van der Waals surface area contributed by atoms with E-state index in [4.69, 9.17) is 4.52 Å². The summed E-state index contributed by atoms with van der Waals surface area (Å²) < 4.78 is 20.4. The molecule has 1 N–H and O–H groups in total. The van der Waals surface area contributed by atoms with Gasteiger partial charge in [0.05, 0.1) is 18.6 Å². The molecule has 7 nitrogen and oxygen atoms in total. The van der Waals surface area contributed by atoms with Crippen molar-refractivity contribution in [2.75, 3.05) is 26.7 Å². The van der Waals surface area contributed by atoms with Gasteiger partial charge in [0.25, 0.3) is 5.89 Å². The van der Waals surface area contributed by atoms with E-state index in [0.29, 0.717) is 17.4 Å². The van der Waals surface area contributed by atoms with E-state index >= 15 is 0 Å². The third kappa shape index (κ3) is 2.70. The highest BCUT2D eigenvalue weighted by atomic mass is 19.1. The van der Waals surface area contributed by atoms with Gasteiger partial charge in [-0.1, -0.05) is 5.16 Å². The molecule has 1 aliphatic rings. The second-order valence-corrected chi connectivity index (χ2v) is 5.78. The smallest absolute Gasteiger partial charge is 0.276 e. The number of benzene rings is 1. The molecule has 1 atom stereocenters. The molecule has 0 radical (unpaired) electrons. The lowest BCUT2D eigenvalue weighted by Crippen LogP contribution is -2.44. The van der Waals surface area contributed by atoms with E-state index in [1.54, 1.807) is 29.2 Å². The van der Waals surface area contributed by atoms with Crippen molar-refractivity contribution in [3.05, 3.63) is 48.4 Å². The van der Waals surface area contributed by atoms with Crippen LogP contribution in [-0.4, -0.2) is 51.3 Å². The molecule has 3 heterocycles. The van der Waals surface area contributed by atoms with Gasteiger partial charge in [-0.2, -0.15) is 4.98 Å². The van der Waals surface area contributed by atoms with Crippen LogP contribution >= 0.6 is 0 Å². The number of hydrogen-bond donors (Lipinski definition) is 1. The van der Waals surface area contributed by atoms with E-state index in [1.165, 1.54) is 12.1 Å². The van der Waals surface area contributed by atoms with Gasteiger partial charge in [-0.3, -0.25) is 9.47 Å². The van der Waals surface area contributed by atoms with Gasteiger partial charge in [0.1, 0.15) is 11.5 Å². The summed E-state index contributed by atoms with van der Waals surface area (Å²) in [6.45, 7) is 2.67. The van der Waals surface area contributed by atoms with Crippen molar-refractivity contribution < 1.29 is 8.91 Å². The Labute approximate surface area is 138 Å². The predicted octanol–water partition coefficient (Wildman–Crippen LogP) is 1.64. The van der Waals surface area contributed by atoms with Crippen molar-refractivity contribution in [3.63, 3.8) is 0 Å². The quantitative estimate of drug-likeness (QED) is 0.788. The number of aromatic nitrogens is 4. The molecule has 0 spiro atoms. The zero-order valence-corrected chi connectivity index (χ0v) is 13.2. The predicted molar refractivity (Wildman–Crippen MR) is 85.1 cm³/mol. The molecule has 0 aliphatic carbocycles. The van der Waals surface area contributed by atoms with Gasteiger partial charge in [-0.05, 0) is 31.3 Å². The first kappa shape index (κ1) is 15.0. The Morgan fingerprint density at radius 2 is 2.12 bits per heavy atom. The molecule has 124 valence electrons. The summed E-state index contributed by atoms with van der Waals surface area (Å²) in [7, 11) is 2.05. The standard InChI is InChI=1S/C16H17FN6O/c1-22-7-6-18-8-13(22)15-20-16(24-21-15)14-9-19-10-23(14)12-4-2-11(17)3-5-12/h2-5,9-10,13,18H,6-8H2,1H3. The van der Waals surface area contributed by atoms with E-state index in [2.05, 4.69) is 25.3 Å². The minimum absolute atomic E-state index is 0.0819. The maximum absolute atomic E-state index is 13.1. The number of rotatable bonds is 3. The number of hydrogen-bond acceptors (Lipinski definition) is 6. The molecular formula is C16H17FN6O. The van der Waals surface area contributed by atoms with Gasteiger partial charge in [0, 0.05) is 25.3 Å². The molecule has 1 saturated heterocycles. The zero-order chi connectivity index (χ0) is 16.5. The van der Waals surface area contributed by atoms with Crippen LogP contribution in [0.2, 0.25) is 0 Å². The van der Waals surface area contributed by atoms with Crippen molar-refractivity contribution in [2.45, 2.75) is 6.04 Å². The minimum Gasteiger partial charge on any atom is -0.332 e. The molecule has 1 unspecified atom stereocenters. The topological polar surface area (TPSA) is 72.0 Å². The SMILES string of the molecule is CN1CCNCC1c1noc(-c2cncn2-c2ccc(F)cc2)n1. The number of nitrogens with zero attached hydrogens (tertiary/aromatic N) is 5. The van der Waals surface area contributed by atoms with Crippen LogP contribution in [-0.2, 0) is 0 Å². The normalized spacial score (nSPS) is 18.8. The van der Waals surface area contributed by atoms with E-state index < -0.39 is 0 Å². The first-order chi connectivity index (χ1) is 11.7. The van der Waals surface area contributed by atoms with E-state index in [9.17, 15) is 4.39 Å². The Hall–Kier alpha value is -2.58. The third-order valence-electron chi connectivity index (χ3n) is 4.21. The van der Waals surface area contributed by atoms with Crippen LogP contribution in [0.5, 0.6) is 0 Å². The Kier molecular flexibility index (Phi) is 3.83. The van der Waals surface area contributed by atoms with Gasteiger partial charge >= 0.3 is 0 Å². The average Bonchev–Trinajstić information content (AvgIpc) is 3.25. The molecule has 1 fully saturated rings. The Morgan fingerprint density at radius 3 is 2.92 bits per heavy atom. The fourth-order valence-corrected chi connectivity index (χ4v) is 2.83. The minimum atomic E-state index is -0.284. The third-order valence-corrected chi connectivity index (χ3v) is 4.21. The summed E-state index contributed by atoms with van der Waals surface area (Å²) in [4.78, 5) is 10.9. The molecule has 1 aliphatic heterocycles. The summed E-state index contributed by atoms with van der Waals surface area (Å²) in [6.07, 6.45) is 3.30. The van der Waals surface area contributed by atoms with E-state index in [1.807, 2.05) is 7.05 Å². The Bertz CT molecular complexity index is 827. The number of imidazole rings is 1. The highest BCUT2D eigenvalue weighted by molar-refractivity contribution is 5.51. The lowest BCUT2D eigenvalue weighted by molar-refractivity contribution is 0.190. The van der Waals surface area contributed by atoms with Gasteiger partial charge in [-0.15, -0.1) is 0 Å². The van der Waals surface area contributed by atoms with Crippen LogP contribution in [0, 0.1) is 5.82 Å². The summed E-state index contributed by atoms with van der Waals surface area (Å²) in [6, 6.07) is 6.24. The van der Waals surface area contributed by atoms with Crippen LogP contribution in [0.1, 0.15) is 11.9 Å². The van der Waals surface area contributed by atoms with Crippen LogP contribution in [0.4, 0.5) is 4.39 Å². The lowest BCUT2D eigenvalue weighted by Gasteiger charge is -2.30. The first-order valence-corrected chi connectivity index (χ1v) is 7.75. The Morgan fingerprint density at radius 1 is 1.29 bits per heavy atom. The molecule has 1 aromatic carbocycles. The molecule has 3 aromatic rings. The van der Waals surface area contributed by atoms with Gasteiger partial charge in [0.2, 0.25) is 0 Å². The highest BCUT2D eigenvalue weighted by Crippen LogP contribution is 2.24. The molecular weight excluding hydrogens is 311 g/mol. The second kappa shape index (κ2) is 6.14. The fraction of sp³-hybridized carbons (Fsp3) is 0.312. The molecule has 8 heteroatoms. The van der Waals surface area contributed by atoms with Crippen molar-refractivity contribution in [1.29, 1.82) is 0 Å². The van der Waals surface area contributed by atoms with Gasteiger partial charge < -0.3 is 9.84 Å². The summed E-state index contributed by atoms with van der Waals surface area (Å²) in [5.74, 6) is 0.755. The van der Waals surface area contributed by atoms with Crippen molar-refractivity contribution in [1.82, 2.24) is 29.9 Å². The first-order valence-electron chi connectivity index (χ1n) is 7.75. The van der Waals surface area contributed by atoms with E-state index in [-0.39, 0.29) is 11.9 Å².